The van der Waals surface area contributed by atoms with Crippen molar-refractivity contribution in [2.75, 3.05) is 0 Å². The molecule has 0 aromatic carbocycles. The number of halogens is 3. The first kappa shape index (κ1) is 6.61. The lowest BCUT2D eigenvalue weighted by atomic mass is 10.5. The molecule has 0 spiro atoms. The number of hydrogen-bond donors (Lipinski definition) is 0. The molecule has 9 heavy (non-hydrogen) atoms. The van der Waals surface area contributed by atoms with E-state index in [2.05, 4.69) is 20.9 Å². The fourth-order valence-corrected chi connectivity index (χ4v) is 0.649. The Labute approximate surface area is 58.8 Å². The van der Waals surface area contributed by atoms with Crippen LogP contribution < -0.4 is 0 Å². The fourth-order valence-electron chi connectivity index (χ4n) is 0.359. The number of aromatic nitrogens is 1. The van der Waals surface area contributed by atoms with Crippen LogP contribution in [-0.4, -0.2) is 4.98 Å². The van der Waals surface area contributed by atoms with E-state index in [-0.39, 0.29) is 4.47 Å². The molecule has 1 heterocycles. The zero-order valence-electron chi connectivity index (χ0n) is 4.16. The summed E-state index contributed by atoms with van der Waals surface area (Å²) in [4.78, 5) is 2.96. The van der Waals surface area contributed by atoms with Crippen LogP contribution in [0.4, 0.5) is 8.78 Å². The molecule has 0 fully saturated rings. The van der Waals surface area contributed by atoms with E-state index in [1.807, 2.05) is 6.20 Å². The highest BCUT2D eigenvalue weighted by atomic mass is 79.9. The Hall–Kier alpha value is -0.510. The van der Waals surface area contributed by atoms with Crippen molar-refractivity contribution in [3.63, 3.8) is 0 Å². The van der Waals surface area contributed by atoms with E-state index in [4.69, 9.17) is 0 Å². The fraction of sp³-hybridized carbons (Fsp3) is 0. The molecule has 0 amide bonds. The maximum atomic E-state index is 12.1. The molecule has 1 rings (SSSR count). The van der Waals surface area contributed by atoms with Crippen molar-refractivity contribution in [1.82, 2.24) is 4.98 Å². The van der Waals surface area contributed by atoms with Gasteiger partial charge in [0.1, 0.15) is 6.20 Å². The number of nitrogens with zero attached hydrogens (tertiary/aromatic N) is 1. The number of hydrogen-bond acceptors (Lipinski definition) is 1. The van der Waals surface area contributed by atoms with Crippen LogP contribution in [-0.2, 0) is 0 Å². The Bertz CT molecular complexity index is 226. The summed E-state index contributed by atoms with van der Waals surface area (Å²) in [5.41, 5.74) is 0. The third kappa shape index (κ3) is 1.45. The first-order valence-corrected chi connectivity index (χ1v) is 2.88. The molecule has 47 valence electrons. The molecule has 0 N–H and O–H groups in total. The number of pyridine rings is 1. The van der Waals surface area contributed by atoms with Gasteiger partial charge in [-0.3, -0.25) is 0 Å². The van der Waals surface area contributed by atoms with Gasteiger partial charge in [0, 0.05) is 0 Å². The Morgan fingerprint density at radius 1 is 1.56 bits per heavy atom. The molecular weight excluding hydrogens is 192 g/mol. The van der Waals surface area contributed by atoms with Gasteiger partial charge >= 0.3 is 0 Å². The van der Waals surface area contributed by atoms with Crippen molar-refractivity contribution in [2.24, 2.45) is 0 Å². The van der Waals surface area contributed by atoms with Gasteiger partial charge in [-0.2, -0.15) is 4.39 Å². The minimum Gasteiger partial charge on any atom is -0.214 e. The average Bonchev–Trinajstić information content (AvgIpc) is 1.80. The first-order chi connectivity index (χ1) is 4.20. The Kier molecular flexibility index (Phi) is 1.75. The summed E-state index contributed by atoms with van der Waals surface area (Å²) in [6, 6.07) is 0.961. The van der Waals surface area contributed by atoms with E-state index in [0.29, 0.717) is 0 Å². The summed E-state index contributed by atoms with van der Waals surface area (Å²) in [7, 11) is 0. The van der Waals surface area contributed by atoms with Gasteiger partial charge in [-0.15, -0.1) is 0 Å². The lowest BCUT2D eigenvalue weighted by Crippen LogP contribution is -1.85. The van der Waals surface area contributed by atoms with Gasteiger partial charge in [-0.1, -0.05) is 0 Å². The van der Waals surface area contributed by atoms with Crippen molar-refractivity contribution >= 4 is 15.9 Å². The van der Waals surface area contributed by atoms with Gasteiger partial charge in [0.25, 0.3) is 0 Å². The Balaban J connectivity index is 3.17. The standard InChI is InChI=1S/C5HBrF2N/c6-4-1-3(7)2-9-5(4)8/h1H. The molecule has 0 aliphatic rings. The SMILES string of the molecule is Fc1[c]nc(F)c(Br)c1. The molecule has 0 bridgehead atoms. The third-order valence-electron chi connectivity index (χ3n) is 0.711. The lowest BCUT2D eigenvalue weighted by Gasteiger charge is -1.88. The maximum absolute atomic E-state index is 12.1. The molecule has 0 aliphatic carbocycles. The van der Waals surface area contributed by atoms with Gasteiger partial charge < -0.3 is 0 Å². The van der Waals surface area contributed by atoms with Gasteiger partial charge in [-0.25, -0.2) is 9.37 Å². The largest absolute Gasteiger partial charge is 0.228 e. The lowest BCUT2D eigenvalue weighted by molar-refractivity contribution is 0.551. The molecule has 4 heteroatoms. The van der Waals surface area contributed by atoms with Crippen LogP contribution in [0.1, 0.15) is 0 Å². The monoisotopic (exact) mass is 192 g/mol. The van der Waals surface area contributed by atoms with Crippen molar-refractivity contribution in [1.29, 1.82) is 0 Å². The van der Waals surface area contributed by atoms with Crippen LogP contribution >= 0.6 is 15.9 Å². The molecule has 1 nitrogen and oxygen atoms in total. The van der Waals surface area contributed by atoms with Gasteiger partial charge in [0.15, 0.2) is 5.82 Å². The second kappa shape index (κ2) is 2.39. The zero-order chi connectivity index (χ0) is 6.85. The van der Waals surface area contributed by atoms with Gasteiger partial charge in [0.05, 0.1) is 4.47 Å². The van der Waals surface area contributed by atoms with Crippen LogP contribution in [0.3, 0.4) is 0 Å². The third-order valence-corrected chi connectivity index (χ3v) is 1.27. The summed E-state index contributed by atoms with van der Waals surface area (Å²) in [5.74, 6) is -1.43. The summed E-state index contributed by atoms with van der Waals surface area (Å²) in [6.07, 6.45) is 1.82. The Morgan fingerprint density at radius 2 is 2.22 bits per heavy atom. The Morgan fingerprint density at radius 3 is 2.67 bits per heavy atom. The van der Waals surface area contributed by atoms with Crippen molar-refractivity contribution in [2.45, 2.75) is 0 Å². The molecule has 1 aromatic rings. The zero-order valence-corrected chi connectivity index (χ0v) is 5.74. The summed E-state index contributed by atoms with van der Waals surface area (Å²) < 4.78 is 24.2. The molecule has 0 aliphatic heterocycles. The average molecular weight is 193 g/mol. The second-order valence-corrected chi connectivity index (χ2v) is 2.21. The van der Waals surface area contributed by atoms with Crippen LogP contribution in [0, 0.1) is 18.0 Å². The van der Waals surface area contributed by atoms with Crippen LogP contribution in [0.15, 0.2) is 10.5 Å². The molecule has 0 unspecified atom stereocenters. The highest BCUT2D eigenvalue weighted by molar-refractivity contribution is 9.10. The normalized spacial score (nSPS) is 9.67. The van der Waals surface area contributed by atoms with E-state index in [9.17, 15) is 8.78 Å². The molecular formula is C5HBrF2N. The van der Waals surface area contributed by atoms with Crippen LogP contribution in [0.25, 0.3) is 0 Å². The minimum absolute atomic E-state index is 0.0127. The minimum atomic E-state index is -0.753. The second-order valence-electron chi connectivity index (χ2n) is 1.35. The molecule has 1 radical (unpaired) electrons. The predicted molar refractivity (Wildman–Crippen MR) is 30.7 cm³/mol. The highest BCUT2D eigenvalue weighted by Gasteiger charge is 1.99. The summed E-state index contributed by atoms with van der Waals surface area (Å²) >= 11 is 2.75. The first-order valence-electron chi connectivity index (χ1n) is 2.09. The van der Waals surface area contributed by atoms with E-state index >= 15 is 0 Å². The van der Waals surface area contributed by atoms with Gasteiger partial charge in [0.2, 0.25) is 5.95 Å². The summed E-state index contributed by atoms with van der Waals surface area (Å²) in [6.45, 7) is 0. The molecule has 1 aromatic heterocycles. The number of rotatable bonds is 0. The molecule has 0 saturated heterocycles. The quantitative estimate of drug-likeness (QED) is 0.573. The van der Waals surface area contributed by atoms with E-state index in [1.165, 1.54) is 0 Å². The highest BCUT2D eigenvalue weighted by Crippen LogP contribution is 2.12. The molecule has 0 saturated carbocycles. The smallest absolute Gasteiger partial charge is 0.214 e. The van der Waals surface area contributed by atoms with Gasteiger partial charge in [-0.05, 0) is 22.0 Å². The summed E-state index contributed by atoms with van der Waals surface area (Å²) in [5, 5.41) is 0. The van der Waals surface area contributed by atoms with Crippen LogP contribution in [0.5, 0.6) is 0 Å². The van der Waals surface area contributed by atoms with E-state index < -0.39 is 11.8 Å². The van der Waals surface area contributed by atoms with Crippen LogP contribution in [0.2, 0.25) is 0 Å². The topological polar surface area (TPSA) is 12.9 Å². The van der Waals surface area contributed by atoms with Crippen molar-refractivity contribution in [3.8, 4) is 0 Å². The molecule has 0 atom stereocenters. The van der Waals surface area contributed by atoms with E-state index in [0.717, 1.165) is 6.07 Å². The maximum Gasteiger partial charge on any atom is 0.228 e. The van der Waals surface area contributed by atoms with Crippen molar-refractivity contribution < 1.29 is 8.78 Å². The van der Waals surface area contributed by atoms with E-state index in [1.54, 1.807) is 0 Å². The predicted octanol–water partition coefficient (Wildman–Crippen LogP) is 1.92. The van der Waals surface area contributed by atoms with Crippen molar-refractivity contribution in [3.05, 3.63) is 28.5 Å².